The highest BCUT2D eigenvalue weighted by Gasteiger charge is 2.27. The Bertz CT molecular complexity index is 552. The van der Waals surface area contributed by atoms with Crippen LogP contribution in [-0.4, -0.2) is 41.2 Å². The summed E-state index contributed by atoms with van der Waals surface area (Å²) in [7, 11) is 0. The predicted molar refractivity (Wildman–Crippen MR) is 115 cm³/mol. The monoisotopic (exact) mass is 393 g/mol. The largest absolute Gasteiger partial charge is 0.382 e. The minimum atomic E-state index is -1.18. The molecule has 5 nitrogen and oxygen atoms in total. The molecule has 0 aliphatic heterocycles. The first-order valence-electron chi connectivity index (χ1n) is 10.1. The van der Waals surface area contributed by atoms with Crippen molar-refractivity contribution in [3.05, 3.63) is 30.3 Å². The van der Waals surface area contributed by atoms with Crippen molar-refractivity contribution in [3.63, 3.8) is 0 Å². The molecule has 0 radical (unpaired) electrons. The summed E-state index contributed by atoms with van der Waals surface area (Å²) in [4.78, 5) is 12.6. The minimum absolute atomic E-state index is 0.418. The molecular formula is C21H35N3O2S. The molecule has 1 aromatic carbocycles. The number of aliphatic hydroxyl groups excluding tert-OH is 1. The Morgan fingerprint density at radius 2 is 1.96 bits per heavy atom. The Hall–Kier alpha value is -1.24. The fraction of sp³-hybridized carbons (Fsp3) is 0.667. The van der Waals surface area contributed by atoms with Crippen LogP contribution in [0.4, 0.5) is 5.69 Å². The number of hydrogen-bond donors (Lipinski definition) is 3. The van der Waals surface area contributed by atoms with Crippen molar-refractivity contribution in [1.29, 1.82) is 0 Å². The van der Waals surface area contributed by atoms with E-state index >= 15 is 0 Å². The van der Waals surface area contributed by atoms with Crippen molar-refractivity contribution in [2.45, 2.75) is 69.3 Å². The molecule has 1 aliphatic rings. The standard InChI is InChI=1S/C21H35N3O2S/c1-16(27-2)13-14-24(18-11-7-4-8-12-18)23-21(26)20(25)19(22)15-17-9-5-3-6-10-17/h4,7-8,11-12,16-17,19-20,25H,3,5-6,9-10,13-15,22H2,1-2H3,(H,23,26)/t16?,19-,20?/m1/s1. The molecule has 1 fully saturated rings. The first-order chi connectivity index (χ1) is 13.0. The van der Waals surface area contributed by atoms with E-state index in [1.54, 1.807) is 11.8 Å². The van der Waals surface area contributed by atoms with Crippen LogP contribution in [-0.2, 0) is 4.79 Å². The van der Waals surface area contributed by atoms with Gasteiger partial charge in [0.25, 0.3) is 5.91 Å². The molecule has 0 bridgehead atoms. The molecule has 4 N–H and O–H groups in total. The number of anilines is 1. The highest BCUT2D eigenvalue weighted by Crippen LogP contribution is 2.27. The van der Waals surface area contributed by atoms with Gasteiger partial charge in [0.2, 0.25) is 0 Å². The van der Waals surface area contributed by atoms with E-state index in [1.807, 2.05) is 35.3 Å². The van der Waals surface area contributed by atoms with E-state index in [2.05, 4.69) is 18.6 Å². The van der Waals surface area contributed by atoms with Gasteiger partial charge in [-0.25, -0.2) is 0 Å². The number of benzene rings is 1. The Kier molecular flexibility index (Phi) is 9.45. The van der Waals surface area contributed by atoms with Gasteiger partial charge in [-0.05, 0) is 37.1 Å². The number of carbonyl (C=O) groups is 1. The second-order valence-electron chi connectivity index (χ2n) is 7.65. The molecule has 0 spiro atoms. The van der Waals surface area contributed by atoms with Crippen LogP contribution < -0.4 is 16.2 Å². The summed E-state index contributed by atoms with van der Waals surface area (Å²) in [5.74, 6) is 0.114. The normalized spacial score (nSPS) is 18.5. The van der Waals surface area contributed by atoms with Crippen molar-refractivity contribution in [1.82, 2.24) is 5.43 Å². The van der Waals surface area contributed by atoms with Crippen molar-refractivity contribution in [2.24, 2.45) is 11.7 Å². The first kappa shape index (κ1) is 22.1. The van der Waals surface area contributed by atoms with Gasteiger partial charge in [0, 0.05) is 17.8 Å². The van der Waals surface area contributed by atoms with Gasteiger partial charge < -0.3 is 10.8 Å². The highest BCUT2D eigenvalue weighted by atomic mass is 32.2. The van der Waals surface area contributed by atoms with Crippen LogP contribution in [0.2, 0.25) is 0 Å². The van der Waals surface area contributed by atoms with Crippen LogP contribution in [0.15, 0.2) is 30.3 Å². The summed E-state index contributed by atoms with van der Waals surface area (Å²) >= 11 is 1.80. The lowest BCUT2D eigenvalue weighted by molar-refractivity contribution is -0.130. The van der Waals surface area contributed by atoms with E-state index in [1.165, 1.54) is 19.3 Å². The van der Waals surface area contributed by atoms with E-state index in [4.69, 9.17) is 5.73 Å². The second-order valence-corrected chi connectivity index (χ2v) is 8.92. The van der Waals surface area contributed by atoms with Crippen LogP contribution in [0, 0.1) is 5.92 Å². The summed E-state index contributed by atoms with van der Waals surface area (Å²) in [6.07, 6.45) is 8.61. The fourth-order valence-corrected chi connectivity index (χ4v) is 3.96. The summed E-state index contributed by atoms with van der Waals surface area (Å²) in [6.45, 7) is 2.85. The molecule has 6 heteroatoms. The van der Waals surface area contributed by atoms with E-state index < -0.39 is 18.1 Å². The van der Waals surface area contributed by atoms with Crippen LogP contribution in [0.1, 0.15) is 51.9 Å². The zero-order chi connectivity index (χ0) is 19.6. The first-order valence-corrected chi connectivity index (χ1v) is 11.4. The van der Waals surface area contributed by atoms with Gasteiger partial charge in [-0.1, -0.05) is 57.2 Å². The zero-order valence-corrected chi connectivity index (χ0v) is 17.5. The van der Waals surface area contributed by atoms with E-state index in [-0.39, 0.29) is 0 Å². The maximum Gasteiger partial charge on any atom is 0.268 e. The molecule has 1 amide bonds. The number of hydrogen-bond acceptors (Lipinski definition) is 5. The maximum absolute atomic E-state index is 12.6. The number of aliphatic hydroxyl groups is 1. The minimum Gasteiger partial charge on any atom is -0.382 e. The third-order valence-electron chi connectivity index (χ3n) is 5.48. The number of nitrogens with one attached hydrogen (secondary N) is 1. The van der Waals surface area contributed by atoms with E-state index in [0.29, 0.717) is 24.1 Å². The quantitative estimate of drug-likeness (QED) is 0.532. The Morgan fingerprint density at radius 1 is 1.30 bits per heavy atom. The van der Waals surface area contributed by atoms with Gasteiger partial charge in [0.1, 0.15) is 6.10 Å². The molecule has 152 valence electrons. The second kappa shape index (κ2) is 11.6. The summed E-state index contributed by atoms with van der Waals surface area (Å²) < 4.78 is 0. The summed E-state index contributed by atoms with van der Waals surface area (Å²) in [5.41, 5.74) is 9.97. The van der Waals surface area contributed by atoms with Crippen LogP contribution in [0.3, 0.4) is 0 Å². The van der Waals surface area contributed by atoms with Crippen molar-refractivity contribution in [3.8, 4) is 0 Å². The Labute approximate surface area is 168 Å². The van der Waals surface area contributed by atoms with Crippen LogP contribution >= 0.6 is 11.8 Å². The van der Waals surface area contributed by atoms with Gasteiger partial charge in [0.15, 0.2) is 0 Å². The van der Waals surface area contributed by atoms with Crippen molar-refractivity contribution in [2.75, 3.05) is 17.8 Å². The molecule has 1 saturated carbocycles. The third kappa shape index (κ3) is 7.35. The van der Waals surface area contributed by atoms with E-state index in [9.17, 15) is 9.90 Å². The number of nitrogens with zero attached hydrogens (tertiary/aromatic N) is 1. The topological polar surface area (TPSA) is 78.6 Å². The molecule has 0 aromatic heterocycles. The van der Waals surface area contributed by atoms with Gasteiger partial charge in [0.05, 0.1) is 5.69 Å². The van der Waals surface area contributed by atoms with Gasteiger partial charge in [-0.15, -0.1) is 0 Å². The van der Waals surface area contributed by atoms with Gasteiger partial charge in [-0.2, -0.15) is 11.8 Å². The summed E-state index contributed by atoms with van der Waals surface area (Å²) in [5, 5.41) is 12.8. The highest BCUT2D eigenvalue weighted by molar-refractivity contribution is 7.99. The molecule has 2 unspecified atom stereocenters. The number of nitrogens with two attached hydrogens (primary N) is 1. The Morgan fingerprint density at radius 3 is 2.59 bits per heavy atom. The van der Waals surface area contributed by atoms with E-state index in [0.717, 1.165) is 24.9 Å². The number of amides is 1. The third-order valence-corrected chi connectivity index (χ3v) is 6.52. The molecule has 0 saturated heterocycles. The lowest BCUT2D eigenvalue weighted by Gasteiger charge is -2.30. The van der Waals surface area contributed by atoms with Crippen molar-refractivity contribution < 1.29 is 9.90 Å². The van der Waals surface area contributed by atoms with Crippen LogP contribution in [0.5, 0.6) is 0 Å². The number of thioether (sulfide) groups is 1. The number of rotatable bonds is 10. The lowest BCUT2D eigenvalue weighted by atomic mass is 9.84. The van der Waals surface area contributed by atoms with Gasteiger partial charge >= 0.3 is 0 Å². The molecule has 1 aromatic rings. The number of para-hydroxylation sites is 1. The maximum atomic E-state index is 12.6. The summed E-state index contributed by atoms with van der Waals surface area (Å²) in [6, 6.07) is 9.23. The van der Waals surface area contributed by atoms with Crippen molar-refractivity contribution >= 4 is 23.4 Å². The fourth-order valence-electron chi connectivity index (χ4n) is 3.62. The average molecular weight is 394 g/mol. The Balaban J connectivity index is 1.94. The average Bonchev–Trinajstić information content (AvgIpc) is 2.71. The smallest absolute Gasteiger partial charge is 0.268 e. The lowest BCUT2D eigenvalue weighted by Crippen LogP contribution is -2.53. The molecule has 3 atom stereocenters. The number of hydrazine groups is 1. The number of carbonyl (C=O) groups excluding carboxylic acids is 1. The molecule has 2 rings (SSSR count). The van der Waals surface area contributed by atoms with Gasteiger partial charge in [-0.3, -0.25) is 15.2 Å². The molecule has 27 heavy (non-hydrogen) atoms. The van der Waals surface area contributed by atoms with Crippen LogP contribution in [0.25, 0.3) is 0 Å². The zero-order valence-electron chi connectivity index (χ0n) is 16.6. The molecular weight excluding hydrogens is 358 g/mol. The molecule has 0 heterocycles. The SMILES string of the molecule is CSC(C)CCN(NC(=O)C(O)[C@H](N)CC1CCCCC1)c1ccccc1. The predicted octanol–water partition coefficient (Wildman–Crippen LogP) is 3.32. The molecule has 1 aliphatic carbocycles.